The molecule has 0 spiro atoms. The maximum Gasteiger partial charge on any atom is 0.315 e. The van der Waals surface area contributed by atoms with Crippen molar-refractivity contribution in [1.82, 2.24) is 10.4 Å². The second-order valence-electron chi connectivity index (χ2n) is 4.43. The Morgan fingerprint density at radius 2 is 2.22 bits per heavy atom. The minimum Gasteiger partial charge on any atom is -0.319 e. The van der Waals surface area contributed by atoms with Crippen LogP contribution in [0.4, 0.5) is 0 Å². The van der Waals surface area contributed by atoms with Gasteiger partial charge in [-0.2, -0.15) is 0 Å². The number of allylic oxidation sites excluding steroid dienone is 2. The van der Waals surface area contributed by atoms with Gasteiger partial charge < -0.3 is 11.2 Å². The van der Waals surface area contributed by atoms with Crippen LogP contribution in [0.3, 0.4) is 0 Å². The quantitative estimate of drug-likeness (QED) is 0.684. The first-order valence-electron chi connectivity index (χ1n) is 5.38. The van der Waals surface area contributed by atoms with Gasteiger partial charge in [-0.3, -0.25) is 4.79 Å². The standard InChI is InChI=1S/C11H14N4O2S/c1-11(12)5-3-7-8(4-6-11)18-10(9(16)14-17)15(2)13-7/h3-6,10,13H,12H2,1-2H3. The van der Waals surface area contributed by atoms with Crippen LogP contribution in [0.5, 0.6) is 0 Å². The van der Waals surface area contributed by atoms with Gasteiger partial charge in [0, 0.05) is 17.1 Å². The third kappa shape index (κ3) is 2.53. The fraction of sp³-hybridized carbons (Fsp3) is 0.364. The Hall–Kier alpha value is -1.44. The number of likely N-dealkylation sites (N-methyl/N-ethyl adjacent to an activating group) is 1. The van der Waals surface area contributed by atoms with Gasteiger partial charge in [-0.15, -0.1) is 4.91 Å². The molecule has 6 nitrogen and oxygen atoms in total. The summed E-state index contributed by atoms with van der Waals surface area (Å²) in [6, 6.07) is 0. The normalized spacial score (nSPS) is 31.6. The van der Waals surface area contributed by atoms with Gasteiger partial charge >= 0.3 is 5.91 Å². The Morgan fingerprint density at radius 1 is 1.56 bits per heavy atom. The number of hydrogen-bond acceptors (Lipinski definition) is 6. The summed E-state index contributed by atoms with van der Waals surface area (Å²) in [7, 11) is 1.69. The zero-order chi connectivity index (χ0) is 13.3. The number of hydrogen-bond donors (Lipinski definition) is 2. The fourth-order valence-corrected chi connectivity index (χ4v) is 2.63. The van der Waals surface area contributed by atoms with Gasteiger partial charge in [0.05, 0.1) is 11.2 Å². The largest absolute Gasteiger partial charge is 0.319 e. The molecule has 2 aliphatic rings. The van der Waals surface area contributed by atoms with Crippen LogP contribution in [0.2, 0.25) is 0 Å². The number of nitroso groups, excluding NO2 is 1. The average Bonchev–Trinajstić information content (AvgIpc) is 2.47. The molecule has 0 aromatic carbocycles. The van der Waals surface area contributed by atoms with Crippen molar-refractivity contribution in [2.24, 2.45) is 10.9 Å². The molecule has 0 saturated carbocycles. The minimum absolute atomic E-state index is 0.527. The Morgan fingerprint density at radius 3 is 2.89 bits per heavy atom. The number of nitrogens with one attached hydrogen (secondary N) is 1. The first-order valence-corrected chi connectivity index (χ1v) is 6.26. The van der Waals surface area contributed by atoms with Crippen LogP contribution >= 0.6 is 11.8 Å². The van der Waals surface area contributed by atoms with E-state index in [0.717, 1.165) is 10.6 Å². The number of nitrogens with two attached hydrogens (primary N) is 1. The Kier molecular flexibility index (Phi) is 3.38. The number of rotatable bonds is 1. The molecule has 2 unspecified atom stereocenters. The number of nitrogens with zero attached hydrogens (tertiary/aromatic N) is 2. The van der Waals surface area contributed by atoms with E-state index in [4.69, 9.17) is 5.73 Å². The summed E-state index contributed by atoms with van der Waals surface area (Å²) in [5.41, 5.74) is 9.36. The molecule has 1 amide bonds. The number of carbonyl (C=O) groups excluding carboxylic acids is 1. The van der Waals surface area contributed by atoms with Crippen LogP contribution in [-0.2, 0) is 4.79 Å². The number of thioether (sulfide) groups is 1. The summed E-state index contributed by atoms with van der Waals surface area (Å²) in [6.45, 7) is 1.88. The van der Waals surface area contributed by atoms with Crippen LogP contribution in [0.1, 0.15) is 6.92 Å². The fourth-order valence-electron chi connectivity index (χ4n) is 1.65. The summed E-state index contributed by atoms with van der Waals surface area (Å²) in [5.74, 6) is -0.710. The van der Waals surface area contributed by atoms with Crippen molar-refractivity contribution in [2.75, 3.05) is 7.05 Å². The van der Waals surface area contributed by atoms with Crippen LogP contribution in [0.15, 0.2) is 40.1 Å². The molecule has 96 valence electrons. The summed E-state index contributed by atoms with van der Waals surface area (Å²) in [4.78, 5) is 22.6. The highest BCUT2D eigenvalue weighted by Gasteiger charge is 2.31. The molecule has 2 rings (SSSR count). The molecular formula is C11H14N4O2S. The van der Waals surface area contributed by atoms with Crippen molar-refractivity contribution in [2.45, 2.75) is 17.8 Å². The van der Waals surface area contributed by atoms with E-state index in [0.29, 0.717) is 0 Å². The summed E-state index contributed by atoms with van der Waals surface area (Å²) in [5, 5.41) is 3.38. The topological polar surface area (TPSA) is 87.8 Å². The molecule has 1 heterocycles. The van der Waals surface area contributed by atoms with Gasteiger partial charge in [-0.1, -0.05) is 23.9 Å². The smallest absolute Gasteiger partial charge is 0.315 e. The number of carbonyl (C=O) groups is 1. The lowest BCUT2D eigenvalue weighted by Gasteiger charge is -2.31. The van der Waals surface area contributed by atoms with Gasteiger partial charge in [-0.25, -0.2) is 5.01 Å². The first kappa shape index (κ1) is 13.0. The van der Waals surface area contributed by atoms with Crippen molar-refractivity contribution >= 4 is 17.7 Å². The molecule has 0 fully saturated rings. The van der Waals surface area contributed by atoms with E-state index in [2.05, 4.69) is 10.6 Å². The maximum absolute atomic E-state index is 11.4. The van der Waals surface area contributed by atoms with Crippen molar-refractivity contribution in [3.8, 4) is 0 Å². The van der Waals surface area contributed by atoms with E-state index in [9.17, 15) is 9.70 Å². The second-order valence-corrected chi connectivity index (χ2v) is 5.56. The van der Waals surface area contributed by atoms with Gasteiger partial charge in [-0.05, 0) is 19.1 Å². The molecule has 18 heavy (non-hydrogen) atoms. The Bertz CT molecular complexity index is 481. The van der Waals surface area contributed by atoms with E-state index in [1.54, 1.807) is 12.1 Å². The molecule has 0 radical (unpaired) electrons. The summed E-state index contributed by atoms with van der Waals surface area (Å²) in [6.07, 6.45) is 7.44. The van der Waals surface area contributed by atoms with Crippen LogP contribution in [0, 0.1) is 4.91 Å². The average molecular weight is 266 g/mol. The van der Waals surface area contributed by atoms with E-state index in [1.165, 1.54) is 11.8 Å². The number of amides is 1. The minimum atomic E-state index is -0.710. The Labute approximate surface area is 109 Å². The lowest BCUT2D eigenvalue weighted by Crippen LogP contribution is -2.46. The van der Waals surface area contributed by atoms with Crippen molar-refractivity contribution in [3.63, 3.8) is 0 Å². The van der Waals surface area contributed by atoms with Crippen LogP contribution in [0.25, 0.3) is 0 Å². The molecular weight excluding hydrogens is 252 g/mol. The zero-order valence-electron chi connectivity index (χ0n) is 10.1. The first-order chi connectivity index (χ1) is 8.43. The molecule has 3 N–H and O–H groups in total. The van der Waals surface area contributed by atoms with Crippen LogP contribution in [-0.4, -0.2) is 28.9 Å². The SMILES string of the molecule is CN1NC2=C(C=CC(C)(N)C=C2)SC1C(=O)N=O. The van der Waals surface area contributed by atoms with E-state index in [1.807, 2.05) is 31.2 Å². The number of hydrazine groups is 1. The molecule has 1 aliphatic heterocycles. The van der Waals surface area contributed by atoms with E-state index < -0.39 is 16.8 Å². The van der Waals surface area contributed by atoms with Gasteiger partial charge in [0.25, 0.3) is 0 Å². The lowest BCUT2D eigenvalue weighted by atomic mass is 10.0. The predicted molar refractivity (Wildman–Crippen MR) is 71.0 cm³/mol. The molecule has 0 aromatic rings. The highest BCUT2D eigenvalue weighted by atomic mass is 32.2. The van der Waals surface area contributed by atoms with Gasteiger partial charge in [0.1, 0.15) is 0 Å². The van der Waals surface area contributed by atoms with Gasteiger partial charge in [0.15, 0.2) is 5.37 Å². The van der Waals surface area contributed by atoms with Crippen molar-refractivity contribution in [3.05, 3.63) is 39.8 Å². The molecule has 0 aromatic heterocycles. The van der Waals surface area contributed by atoms with Crippen molar-refractivity contribution in [1.29, 1.82) is 0 Å². The van der Waals surface area contributed by atoms with Crippen LogP contribution < -0.4 is 11.2 Å². The third-order valence-electron chi connectivity index (χ3n) is 2.66. The third-order valence-corrected chi connectivity index (χ3v) is 4.01. The highest BCUT2D eigenvalue weighted by Crippen LogP contribution is 2.34. The maximum atomic E-state index is 11.4. The molecule has 1 aliphatic carbocycles. The van der Waals surface area contributed by atoms with Crippen molar-refractivity contribution < 1.29 is 4.79 Å². The van der Waals surface area contributed by atoms with E-state index >= 15 is 0 Å². The summed E-state index contributed by atoms with van der Waals surface area (Å²) < 4.78 is 0. The van der Waals surface area contributed by atoms with Gasteiger partial charge in [0.2, 0.25) is 0 Å². The monoisotopic (exact) mass is 266 g/mol. The predicted octanol–water partition coefficient (Wildman–Crippen LogP) is 0.844. The zero-order valence-corrected chi connectivity index (χ0v) is 10.9. The Balaban J connectivity index is 2.30. The molecule has 0 saturated heterocycles. The molecule has 7 heteroatoms. The summed E-state index contributed by atoms with van der Waals surface area (Å²) >= 11 is 1.28. The van der Waals surface area contributed by atoms with E-state index in [-0.39, 0.29) is 0 Å². The second kappa shape index (κ2) is 4.68. The molecule has 0 bridgehead atoms. The highest BCUT2D eigenvalue weighted by molar-refractivity contribution is 8.04. The lowest BCUT2D eigenvalue weighted by molar-refractivity contribution is -0.120. The molecule has 2 atom stereocenters.